The van der Waals surface area contributed by atoms with Crippen LogP contribution in [-0.4, -0.2) is 0 Å². The average Bonchev–Trinajstić information content (AvgIpc) is 3.06. The first kappa shape index (κ1) is 22.3. The summed E-state index contributed by atoms with van der Waals surface area (Å²) in [6.07, 6.45) is 0. The molecule has 0 saturated carbocycles. The van der Waals surface area contributed by atoms with E-state index in [-0.39, 0.29) is 0 Å². The molecule has 0 aromatic heterocycles. The lowest BCUT2D eigenvalue weighted by Crippen LogP contribution is -1.91. The molecule has 42 heavy (non-hydrogen) atoms. The molecule has 10 rings (SSSR count). The largest absolute Gasteiger partial charge is 0.0616 e. The quantitative estimate of drug-likeness (QED) is 0.147. The average molecular weight is 529 g/mol. The number of rotatable bonds is 1. The molecule has 192 valence electrons. The van der Waals surface area contributed by atoms with Gasteiger partial charge in [-0.05, 0) is 97.3 Å². The van der Waals surface area contributed by atoms with Gasteiger partial charge in [0, 0.05) is 0 Å². The third-order valence-electron chi connectivity index (χ3n) is 9.56. The van der Waals surface area contributed by atoms with E-state index in [0.717, 1.165) is 0 Å². The number of hydrogen-bond donors (Lipinski definition) is 0. The van der Waals surface area contributed by atoms with Crippen molar-refractivity contribution in [1.29, 1.82) is 0 Å². The Balaban J connectivity index is 1.40. The van der Waals surface area contributed by atoms with Crippen molar-refractivity contribution < 1.29 is 0 Å². The van der Waals surface area contributed by atoms with Gasteiger partial charge in [0.05, 0.1) is 0 Å². The molecule has 0 heterocycles. The first-order valence-corrected chi connectivity index (χ1v) is 14.7. The van der Waals surface area contributed by atoms with Crippen LogP contribution in [0.15, 0.2) is 146 Å². The molecule has 0 heteroatoms. The summed E-state index contributed by atoms with van der Waals surface area (Å²) in [6, 6.07) is 54.3. The SMILES string of the molecule is c1ccc2c(c1)ccc1c2ccc2c1ccc1cccc(-c3ccc4cccc5c6cccc7cccc(c3c45)c76)c12. The van der Waals surface area contributed by atoms with Crippen LogP contribution in [0, 0.1) is 0 Å². The molecule has 0 bridgehead atoms. The molecule has 0 radical (unpaired) electrons. The molecule has 10 aromatic rings. The highest BCUT2D eigenvalue weighted by atomic mass is 14.2. The molecular weight excluding hydrogens is 504 g/mol. The number of benzene rings is 10. The van der Waals surface area contributed by atoms with E-state index in [2.05, 4.69) is 146 Å². The first-order chi connectivity index (χ1) is 20.8. The Kier molecular flexibility index (Phi) is 4.27. The van der Waals surface area contributed by atoms with Crippen LogP contribution in [0.4, 0.5) is 0 Å². The Hall–Kier alpha value is -5.46. The predicted octanol–water partition coefficient (Wildman–Crippen LogP) is 12.0. The summed E-state index contributed by atoms with van der Waals surface area (Å²) < 4.78 is 0. The van der Waals surface area contributed by atoms with Crippen LogP contribution in [0.25, 0.3) is 97.3 Å². The van der Waals surface area contributed by atoms with E-state index in [1.165, 1.54) is 97.3 Å². The van der Waals surface area contributed by atoms with E-state index in [0.29, 0.717) is 0 Å². The smallest absolute Gasteiger partial charge is 0.00139 e. The highest BCUT2D eigenvalue weighted by Gasteiger charge is 2.18. The van der Waals surface area contributed by atoms with Gasteiger partial charge in [0.1, 0.15) is 0 Å². The fourth-order valence-corrected chi connectivity index (χ4v) is 7.80. The molecule has 0 amide bonds. The highest BCUT2D eigenvalue weighted by molar-refractivity contribution is 6.36. The van der Waals surface area contributed by atoms with Gasteiger partial charge in [0.2, 0.25) is 0 Å². The minimum Gasteiger partial charge on any atom is -0.0616 e. The van der Waals surface area contributed by atoms with Gasteiger partial charge in [0.25, 0.3) is 0 Å². The zero-order valence-electron chi connectivity index (χ0n) is 22.9. The Morgan fingerprint density at radius 3 is 1.48 bits per heavy atom. The molecule has 0 aliphatic heterocycles. The van der Waals surface area contributed by atoms with Crippen molar-refractivity contribution in [3.8, 4) is 11.1 Å². The summed E-state index contributed by atoms with van der Waals surface area (Å²) in [5.74, 6) is 0. The van der Waals surface area contributed by atoms with Crippen LogP contribution in [0.3, 0.4) is 0 Å². The third kappa shape index (κ3) is 2.81. The van der Waals surface area contributed by atoms with E-state index in [4.69, 9.17) is 0 Å². The molecule has 0 nitrogen and oxygen atoms in total. The van der Waals surface area contributed by atoms with E-state index in [9.17, 15) is 0 Å². The summed E-state index contributed by atoms with van der Waals surface area (Å²) >= 11 is 0. The summed E-state index contributed by atoms with van der Waals surface area (Å²) in [5.41, 5.74) is 2.59. The van der Waals surface area contributed by atoms with Crippen molar-refractivity contribution in [2.45, 2.75) is 0 Å². The van der Waals surface area contributed by atoms with Gasteiger partial charge in [-0.25, -0.2) is 0 Å². The molecule has 0 saturated heterocycles. The van der Waals surface area contributed by atoms with Gasteiger partial charge in [-0.15, -0.1) is 0 Å². The maximum atomic E-state index is 2.36. The Morgan fingerprint density at radius 2 is 0.643 bits per heavy atom. The summed E-state index contributed by atoms with van der Waals surface area (Å²) in [6.45, 7) is 0. The monoisotopic (exact) mass is 528 g/mol. The molecule has 0 unspecified atom stereocenters. The van der Waals surface area contributed by atoms with E-state index >= 15 is 0 Å². The molecule has 0 aliphatic rings. The standard InChI is InChI=1S/C42H24/c1-2-12-29-25(7-1)17-20-31-30(29)23-24-36-32(31)21-18-27-10-4-14-34(39(27)36)37-22-19-28-11-5-15-35-33-13-3-8-26-9-6-16-38(40(26)33)42(37)41(28)35/h1-24H. The minimum absolute atomic E-state index is 1.27. The van der Waals surface area contributed by atoms with Crippen LogP contribution in [0.2, 0.25) is 0 Å². The van der Waals surface area contributed by atoms with Crippen LogP contribution in [-0.2, 0) is 0 Å². The van der Waals surface area contributed by atoms with E-state index in [1.807, 2.05) is 0 Å². The Labute approximate surface area is 242 Å². The fourth-order valence-electron chi connectivity index (χ4n) is 7.80. The second-order valence-corrected chi connectivity index (χ2v) is 11.6. The van der Waals surface area contributed by atoms with Crippen molar-refractivity contribution >= 4 is 86.2 Å². The van der Waals surface area contributed by atoms with Crippen LogP contribution in [0.5, 0.6) is 0 Å². The van der Waals surface area contributed by atoms with Crippen molar-refractivity contribution in [2.75, 3.05) is 0 Å². The minimum atomic E-state index is 1.27. The van der Waals surface area contributed by atoms with Gasteiger partial charge >= 0.3 is 0 Å². The molecule has 0 aliphatic carbocycles. The van der Waals surface area contributed by atoms with E-state index < -0.39 is 0 Å². The third-order valence-corrected chi connectivity index (χ3v) is 9.56. The first-order valence-electron chi connectivity index (χ1n) is 14.7. The lowest BCUT2D eigenvalue weighted by atomic mass is 9.84. The van der Waals surface area contributed by atoms with Crippen molar-refractivity contribution in [3.63, 3.8) is 0 Å². The lowest BCUT2D eigenvalue weighted by Gasteiger charge is -2.19. The maximum absolute atomic E-state index is 2.36. The van der Waals surface area contributed by atoms with Crippen molar-refractivity contribution in [3.05, 3.63) is 146 Å². The van der Waals surface area contributed by atoms with Crippen molar-refractivity contribution in [1.82, 2.24) is 0 Å². The van der Waals surface area contributed by atoms with Gasteiger partial charge in [-0.3, -0.25) is 0 Å². The normalized spacial score (nSPS) is 12.3. The summed E-state index contributed by atoms with van der Waals surface area (Å²) in [7, 11) is 0. The fraction of sp³-hybridized carbons (Fsp3) is 0. The molecule has 0 atom stereocenters. The van der Waals surface area contributed by atoms with E-state index in [1.54, 1.807) is 0 Å². The van der Waals surface area contributed by atoms with Crippen molar-refractivity contribution in [2.24, 2.45) is 0 Å². The second kappa shape index (κ2) is 8.06. The second-order valence-electron chi connectivity index (χ2n) is 11.6. The van der Waals surface area contributed by atoms with Gasteiger partial charge in [0.15, 0.2) is 0 Å². The number of hydrogen-bond acceptors (Lipinski definition) is 0. The molecular formula is C42H24. The predicted molar refractivity (Wildman–Crippen MR) is 183 cm³/mol. The van der Waals surface area contributed by atoms with Gasteiger partial charge in [-0.2, -0.15) is 0 Å². The zero-order chi connectivity index (χ0) is 27.4. The van der Waals surface area contributed by atoms with Gasteiger partial charge in [-0.1, -0.05) is 146 Å². The van der Waals surface area contributed by atoms with Gasteiger partial charge < -0.3 is 0 Å². The molecule has 0 spiro atoms. The molecule has 0 fully saturated rings. The zero-order valence-corrected chi connectivity index (χ0v) is 22.9. The summed E-state index contributed by atoms with van der Waals surface area (Å²) in [4.78, 5) is 0. The maximum Gasteiger partial charge on any atom is -0.00139 e. The topological polar surface area (TPSA) is 0 Å². The number of fused-ring (bicyclic) bond motifs is 9. The highest BCUT2D eigenvalue weighted by Crippen LogP contribution is 2.46. The van der Waals surface area contributed by atoms with Crippen LogP contribution >= 0.6 is 0 Å². The lowest BCUT2D eigenvalue weighted by molar-refractivity contribution is 1.73. The van der Waals surface area contributed by atoms with Crippen LogP contribution in [0.1, 0.15) is 0 Å². The summed E-state index contributed by atoms with van der Waals surface area (Å²) in [5, 5.41) is 21.1. The van der Waals surface area contributed by atoms with Crippen LogP contribution < -0.4 is 0 Å². The Bertz CT molecular complexity index is 2720. The molecule has 0 N–H and O–H groups in total. The molecule has 10 aromatic carbocycles. The Morgan fingerprint density at radius 1 is 0.190 bits per heavy atom.